The van der Waals surface area contributed by atoms with Crippen molar-refractivity contribution in [2.45, 2.75) is 0 Å². The number of nitrogens with two attached hydrogens (primary N) is 1. The molecule has 0 aromatic carbocycles. The first-order chi connectivity index (χ1) is 6.60. The number of rotatable bonds is 3. The number of carbonyl (C=O) groups is 1. The number of hydrogen-bond acceptors (Lipinski definition) is 4. The summed E-state index contributed by atoms with van der Waals surface area (Å²) in [6.45, 7) is 0. The Labute approximate surface area is 80.4 Å². The van der Waals surface area contributed by atoms with E-state index in [0.717, 1.165) is 6.20 Å². The van der Waals surface area contributed by atoms with Gasteiger partial charge in [-0.2, -0.15) is 4.73 Å². The van der Waals surface area contributed by atoms with Crippen molar-refractivity contribution in [3.63, 3.8) is 0 Å². The van der Waals surface area contributed by atoms with Gasteiger partial charge in [-0.15, -0.1) is 0 Å². The Morgan fingerprint density at radius 2 is 2.14 bits per heavy atom. The lowest BCUT2D eigenvalue weighted by atomic mass is 10.3. The molecule has 76 valence electrons. The normalized spacial score (nSPS) is 9.57. The Morgan fingerprint density at radius 3 is 2.57 bits per heavy atom. The minimum Gasteiger partial charge on any atom is -0.618 e. The van der Waals surface area contributed by atoms with Crippen LogP contribution in [-0.4, -0.2) is 20.1 Å². The molecule has 6 nitrogen and oxygen atoms in total. The second-order valence-corrected chi connectivity index (χ2v) is 2.49. The fraction of sp³-hybridized carbons (Fsp3) is 0.250. The predicted molar refractivity (Wildman–Crippen MR) is 47.0 cm³/mol. The third kappa shape index (κ3) is 1.68. The van der Waals surface area contributed by atoms with Crippen LogP contribution < -0.4 is 19.9 Å². The minimum absolute atomic E-state index is 0.0897. The molecule has 0 aliphatic heterocycles. The van der Waals surface area contributed by atoms with Crippen LogP contribution in [0.5, 0.6) is 11.5 Å². The molecule has 0 aliphatic carbocycles. The van der Waals surface area contributed by atoms with Gasteiger partial charge in [-0.05, 0) is 0 Å². The average molecular weight is 198 g/mol. The molecule has 0 fully saturated rings. The van der Waals surface area contributed by atoms with Gasteiger partial charge in [0.2, 0.25) is 11.9 Å². The molecule has 0 spiro atoms. The molecule has 0 radical (unpaired) electrons. The van der Waals surface area contributed by atoms with Crippen LogP contribution in [0.1, 0.15) is 10.5 Å². The van der Waals surface area contributed by atoms with E-state index in [9.17, 15) is 10.0 Å². The van der Waals surface area contributed by atoms with Gasteiger partial charge >= 0.3 is 11.6 Å². The number of pyridine rings is 1. The number of carbonyl (C=O) groups excluding carboxylic acids is 1. The molecule has 0 unspecified atom stereocenters. The van der Waals surface area contributed by atoms with E-state index in [1.165, 1.54) is 20.3 Å². The van der Waals surface area contributed by atoms with Gasteiger partial charge < -0.3 is 20.4 Å². The van der Waals surface area contributed by atoms with Crippen LogP contribution >= 0.6 is 0 Å². The maximum Gasteiger partial charge on any atom is 0.324 e. The van der Waals surface area contributed by atoms with Crippen LogP contribution in [0.15, 0.2) is 12.3 Å². The molecule has 1 heterocycles. The van der Waals surface area contributed by atoms with Crippen molar-refractivity contribution in [2.75, 3.05) is 14.2 Å². The van der Waals surface area contributed by atoms with Crippen molar-refractivity contribution >= 4 is 5.91 Å². The lowest BCUT2D eigenvalue weighted by molar-refractivity contribution is -0.608. The summed E-state index contributed by atoms with van der Waals surface area (Å²) in [5, 5.41) is 11.3. The number of aromatic nitrogens is 1. The van der Waals surface area contributed by atoms with Crippen LogP contribution in [0.3, 0.4) is 0 Å². The largest absolute Gasteiger partial charge is 0.618 e. The molecule has 0 saturated carbocycles. The predicted octanol–water partition coefficient (Wildman–Crippen LogP) is -0.564. The second-order valence-electron chi connectivity index (χ2n) is 2.49. The molecule has 0 saturated heterocycles. The Bertz CT molecular complexity index is 365. The van der Waals surface area contributed by atoms with E-state index in [1.807, 2.05) is 0 Å². The Morgan fingerprint density at radius 1 is 1.50 bits per heavy atom. The first-order valence-electron chi connectivity index (χ1n) is 3.75. The highest BCUT2D eigenvalue weighted by Gasteiger charge is 2.21. The van der Waals surface area contributed by atoms with Gasteiger partial charge in [0.05, 0.1) is 14.2 Å². The van der Waals surface area contributed by atoms with Crippen molar-refractivity contribution in [3.05, 3.63) is 23.2 Å². The molecule has 1 aromatic rings. The maximum absolute atomic E-state index is 11.3. The number of hydrogen-bond donors (Lipinski definition) is 1. The highest BCUT2D eigenvalue weighted by atomic mass is 16.5. The van der Waals surface area contributed by atoms with Gasteiger partial charge in [0.25, 0.3) is 0 Å². The molecule has 6 heteroatoms. The zero-order valence-corrected chi connectivity index (χ0v) is 7.81. The van der Waals surface area contributed by atoms with Crippen LogP contribution in [0, 0.1) is 5.21 Å². The second kappa shape index (κ2) is 3.82. The number of amides is 1. The van der Waals surface area contributed by atoms with Gasteiger partial charge in [-0.1, -0.05) is 0 Å². The topological polar surface area (TPSA) is 88.5 Å². The smallest absolute Gasteiger partial charge is 0.324 e. The first kappa shape index (κ1) is 10.1. The maximum atomic E-state index is 11.3. The Hall–Kier alpha value is -1.98. The van der Waals surface area contributed by atoms with Crippen molar-refractivity contribution in [3.8, 4) is 11.5 Å². The summed E-state index contributed by atoms with van der Waals surface area (Å²) in [6, 6.07) is 1.41. The number of nitrogens with zero attached hydrogens (tertiary/aromatic N) is 1. The third-order valence-electron chi connectivity index (χ3n) is 1.66. The number of methoxy groups -OCH3 is 2. The average Bonchev–Trinajstić information content (AvgIpc) is 2.15. The van der Waals surface area contributed by atoms with Crippen molar-refractivity contribution in [2.24, 2.45) is 5.73 Å². The summed E-state index contributed by atoms with van der Waals surface area (Å²) in [4.78, 5) is 10.9. The fourth-order valence-corrected chi connectivity index (χ4v) is 1.02. The monoisotopic (exact) mass is 198 g/mol. The SMILES string of the molecule is COc1cc(OC)c(C(N)=O)[n+]([O-])c1. The van der Waals surface area contributed by atoms with E-state index >= 15 is 0 Å². The summed E-state index contributed by atoms with van der Waals surface area (Å²) in [5.74, 6) is -0.465. The van der Waals surface area contributed by atoms with E-state index < -0.39 is 5.91 Å². The minimum atomic E-state index is -0.848. The molecule has 14 heavy (non-hydrogen) atoms. The summed E-state index contributed by atoms with van der Waals surface area (Å²) in [5.41, 5.74) is 4.76. The molecule has 0 aliphatic rings. The molecule has 0 atom stereocenters. The van der Waals surface area contributed by atoms with Crippen LogP contribution in [0.4, 0.5) is 0 Å². The number of primary amides is 1. The zero-order chi connectivity index (χ0) is 10.7. The van der Waals surface area contributed by atoms with E-state index in [2.05, 4.69) is 0 Å². The molecular weight excluding hydrogens is 188 g/mol. The van der Waals surface area contributed by atoms with Crippen molar-refractivity contribution in [1.29, 1.82) is 0 Å². The molecule has 1 aromatic heterocycles. The van der Waals surface area contributed by atoms with Crippen molar-refractivity contribution in [1.82, 2.24) is 0 Å². The molecule has 0 bridgehead atoms. The van der Waals surface area contributed by atoms with E-state index in [0.29, 0.717) is 10.5 Å². The quantitative estimate of drug-likeness (QED) is 0.520. The Kier molecular flexibility index (Phi) is 2.76. The van der Waals surface area contributed by atoms with E-state index in [-0.39, 0.29) is 11.4 Å². The summed E-state index contributed by atoms with van der Waals surface area (Å²) < 4.78 is 9.97. The molecule has 2 N–H and O–H groups in total. The Balaban J connectivity index is 3.34. The van der Waals surface area contributed by atoms with E-state index in [1.54, 1.807) is 0 Å². The molecule has 1 rings (SSSR count). The van der Waals surface area contributed by atoms with Crippen LogP contribution in [-0.2, 0) is 0 Å². The lowest BCUT2D eigenvalue weighted by Crippen LogP contribution is -2.37. The summed E-state index contributed by atoms with van der Waals surface area (Å²) in [7, 11) is 2.74. The standard InChI is InChI=1S/C8H10N2O4/c1-13-5-3-6(14-2)7(8(9)11)10(12)4-5/h3-4H,1-2H3,(H2,9,11). The van der Waals surface area contributed by atoms with Crippen LogP contribution in [0.2, 0.25) is 0 Å². The lowest BCUT2D eigenvalue weighted by Gasteiger charge is -2.07. The van der Waals surface area contributed by atoms with Gasteiger partial charge in [-0.3, -0.25) is 4.79 Å². The highest BCUT2D eigenvalue weighted by Crippen LogP contribution is 2.19. The number of ether oxygens (including phenoxy) is 2. The van der Waals surface area contributed by atoms with E-state index in [4.69, 9.17) is 15.2 Å². The van der Waals surface area contributed by atoms with Gasteiger partial charge in [0, 0.05) is 6.07 Å². The first-order valence-corrected chi connectivity index (χ1v) is 3.75. The summed E-state index contributed by atoms with van der Waals surface area (Å²) >= 11 is 0. The molecule has 1 amide bonds. The van der Waals surface area contributed by atoms with Gasteiger partial charge in [0.1, 0.15) is 0 Å². The zero-order valence-electron chi connectivity index (χ0n) is 7.81. The summed E-state index contributed by atoms with van der Waals surface area (Å²) in [6.07, 6.45) is 1.10. The van der Waals surface area contributed by atoms with Crippen molar-refractivity contribution < 1.29 is 19.0 Å². The highest BCUT2D eigenvalue weighted by molar-refractivity contribution is 5.92. The van der Waals surface area contributed by atoms with Gasteiger partial charge in [-0.25, -0.2) is 0 Å². The third-order valence-corrected chi connectivity index (χ3v) is 1.66. The fourth-order valence-electron chi connectivity index (χ4n) is 1.02. The molecular formula is C8H10N2O4. The van der Waals surface area contributed by atoms with Gasteiger partial charge in [0.15, 0.2) is 5.75 Å². The van der Waals surface area contributed by atoms with Crippen LogP contribution in [0.25, 0.3) is 0 Å².